The average Bonchev–Trinajstić information content (AvgIpc) is 1.98. The summed E-state index contributed by atoms with van der Waals surface area (Å²) in [4.78, 5) is 0. The zero-order chi connectivity index (χ0) is 8.27. The molecular weight excluding hydrogens is 204 g/mol. The fourth-order valence-electron chi connectivity index (χ4n) is 0.809. The number of nitrogens with one attached hydrogen (secondary N) is 2. The Morgan fingerprint density at radius 2 is 2.27 bits per heavy atom. The maximum absolute atomic E-state index is 7.48. The van der Waals surface area contributed by atoms with Crippen LogP contribution in [0.15, 0.2) is 34.5 Å². The molecule has 0 aromatic carbocycles. The van der Waals surface area contributed by atoms with E-state index in [0.29, 0.717) is 5.71 Å². The van der Waals surface area contributed by atoms with Crippen LogP contribution in [0.5, 0.6) is 0 Å². The van der Waals surface area contributed by atoms with Crippen molar-refractivity contribution in [2.75, 3.05) is 7.05 Å². The molecule has 3 heteroatoms. The molecule has 1 aliphatic carbocycles. The third-order valence-corrected chi connectivity index (χ3v) is 1.81. The first-order chi connectivity index (χ1) is 5.24. The van der Waals surface area contributed by atoms with Crippen LogP contribution >= 0.6 is 15.9 Å². The van der Waals surface area contributed by atoms with E-state index in [4.69, 9.17) is 5.41 Å². The lowest BCUT2D eigenvalue weighted by molar-refractivity contribution is 1.09. The minimum Gasteiger partial charge on any atom is -0.393 e. The number of allylic oxidation sites excluding steroid dienone is 5. The SMILES string of the molecule is CN/C=C1/C=C(Br)C=CC1=N. The second-order valence-corrected chi connectivity index (χ2v) is 3.08. The number of halogens is 1. The fourth-order valence-corrected chi connectivity index (χ4v) is 1.19. The first-order valence-electron chi connectivity index (χ1n) is 3.25. The largest absolute Gasteiger partial charge is 0.393 e. The number of rotatable bonds is 1. The Bertz CT molecular complexity index is 261. The van der Waals surface area contributed by atoms with E-state index in [2.05, 4.69) is 21.2 Å². The maximum atomic E-state index is 7.48. The van der Waals surface area contributed by atoms with Crippen molar-refractivity contribution in [2.45, 2.75) is 0 Å². The Hall–Kier alpha value is -0.830. The summed E-state index contributed by atoms with van der Waals surface area (Å²) in [5, 5.41) is 10.4. The van der Waals surface area contributed by atoms with Gasteiger partial charge in [-0.1, -0.05) is 15.9 Å². The first-order valence-corrected chi connectivity index (χ1v) is 4.05. The van der Waals surface area contributed by atoms with Gasteiger partial charge >= 0.3 is 0 Å². The summed E-state index contributed by atoms with van der Waals surface area (Å²) in [5.74, 6) is 0. The summed E-state index contributed by atoms with van der Waals surface area (Å²) in [6, 6.07) is 0. The number of hydrogen-bond acceptors (Lipinski definition) is 2. The second-order valence-electron chi connectivity index (χ2n) is 2.16. The van der Waals surface area contributed by atoms with Gasteiger partial charge in [0.25, 0.3) is 0 Å². The van der Waals surface area contributed by atoms with Crippen LogP contribution in [-0.4, -0.2) is 12.8 Å². The molecule has 58 valence electrons. The standard InChI is InChI=1S/C8H9BrN2/c1-11-5-6-4-7(9)2-3-8(6)10/h2-5,10-11H,1H3/b6-5-,10-8?. The monoisotopic (exact) mass is 212 g/mol. The summed E-state index contributed by atoms with van der Waals surface area (Å²) in [6.45, 7) is 0. The predicted molar refractivity (Wildman–Crippen MR) is 51.0 cm³/mol. The summed E-state index contributed by atoms with van der Waals surface area (Å²) >= 11 is 3.34. The average molecular weight is 213 g/mol. The Kier molecular flexibility index (Phi) is 2.65. The van der Waals surface area contributed by atoms with Crippen LogP contribution in [0.4, 0.5) is 0 Å². The van der Waals surface area contributed by atoms with Gasteiger partial charge in [-0.15, -0.1) is 0 Å². The maximum Gasteiger partial charge on any atom is 0.0627 e. The molecule has 2 N–H and O–H groups in total. The summed E-state index contributed by atoms with van der Waals surface area (Å²) in [7, 11) is 1.82. The smallest absolute Gasteiger partial charge is 0.0627 e. The molecule has 0 unspecified atom stereocenters. The normalized spacial score (nSPS) is 20.4. The molecule has 0 atom stereocenters. The van der Waals surface area contributed by atoms with Crippen LogP contribution in [0, 0.1) is 5.41 Å². The lowest BCUT2D eigenvalue weighted by Crippen LogP contribution is -2.04. The van der Waals surface area contributed by atoms with Gasteiger partial charge in [0.1, 0.15) is 0 Å². The van der Waals surface area contributed by atoms with Crippen LogP contribution in [0.1, 0.15) is 0 Å². The molecule has 0 amide bonds. The zero-order valence-corrected chi connectivity index (χ0v) is 7.77. The van der Waals surface area contributed by atoms with Crippen LogP contribution in [0.3, 0.4) is 0 Å². The van der Waals surface area contributed by atoms with Gasteiger partial charge < -0.3 is 10.7 Å². The molecule has 0 bridgehead atoms. The molecule has 0 saturated heterocycles. The lowest BCUT2D eigenvalue weighted by atomic mass is 10.1. The van der Waals surface area contributed by atoms with E-state index in [-0.39, 0.29) is 0 Å². The van der Waals surface area contributed by atoms with Gasteiger partial charge in [0.15, 0.2) is 0 Å². The Labute approximate surface area is 74.3 Å². The highest BCUT2D eigenvalue weighted by molar-refractivity contribution is 9.11. The minimum absolute atomic E-state index is 0.530. The van der Waals surface area contributed by atoms with Crippen LogP contribution in [-0.2, 0) is 0 Å². The fraction of sp³-hybridized carbons (Fsp3) is 0.125. The highest BCUT2D eigenvalue weighted by atomic mass is 79.9. The molecule has 0 radical (unpaired) electrons. The van der Waals surface area contributed by atoms with Gasteiger partial charge in [-0.3, -0.25) is 0 Å². The molecule has 1 aliphatic rings. The van der Waals surface area contributed by atoms with E-state index in [1.807, 2.05) is 19.2 Å². The Morgan fingerprint density at radius 1 is 1.55 bits per heavy atom. The summed E-state index contributed by atoms with van der Waals surface area (Å²) in [5.41, 5.74) is 1.42. The van der Waals surface area contributed by atoms with Crippen LogP contribution in [0.25, 0.3) is 0 Å². The van der Waals surface area contributed by atoms with Gasteiger partial charge in [-0.25, -0.2) is 0 Å². The van der Waals surface area contributed by atoms with Crippen molar-refractivity contribution >= 4 is 21.6 Å². The van der Waals surface area contributed by atoms with Gasteiger partial charge in [0.05, 0.1) is 5.71 Å². The molecule has 0 aromatic rings. The molecule has 0 heterocycles. The van der Waals surface area contributed by atoms with Crippen molar-refractivity contribution in [1.29, 1.82) is 5.41 Å². The van der Waals surface area contributed by atoms with E-state index in [9.17, 15) is 0 Å². The van der Waals surface area contributed by atoms with Gasteiger partial charge in [0, 0.05) is 23.3 Å². The molecule has 0 aromatic heterocycles. The second kappa shape index (κ2) is 3.53. The van der Waals surface area contributed by atoms with Gasteiger partial charge in [0.2, 0.25) is 0 Å². The predicted octanol–water partition coefficient (Wildman–Crippen LogP) is 1.96. The van der Waals surface area contributed by atoms with Crippen molar-refractivity contribution in [3.05, 3.63) is 34.5 Å². The molecule has 0 spiro atoms. The third kappa shape index (κ3) is 2.05. The molecule has 1 rings (SSSR count). The molecule has 0 aliphatic heterocycles. The zero-order valence-electron chi connectivity index (χ0n) is 6.19. The summed E-state index contributed by atoms with van der Waals surface area (Å²) < 4.78 is 0.995. The molecular formula is C8H9BrN2. The van der Waals surface area contributed by atoms with E-state index < -0.39 is 0 Å². The topological polar surface area (TPSA) is 35.9 Å². The van der Waals surface area contributed by atoms with E-state index >= 15 is 0 Å². The van der Waals surface area contributed by atoms with Gasteiger partial charge in [-0.2, -0.15) is 0 Å². The lowest BCUT2D eigenvalue weighted by Gasteiger charge is -2.05. The highest BCUT2D eigenvalue weighted by Crippen LogP contribution is 2.16. The highest BCUT2D eigenvalue weighted by Gasteiger charge is 2.03. The molecule has 11 heavy (non-hydrogen) atoms. The Balaban J connectivity index is 2.90. The van der Waals surface area contributed by atoms with E-state index in [1.54, 1.807) is 12.3 Å². The van der Waals surface area contributed by atoms with Gasteiger partial charge in [-0.05, 0) is 18.2 Å². The molecule has 0 saturated carbocycles. The summed E-state index contributed by atoms with van der Waals surface area (Å²) in [6.07, 6.45) is 7.31. The van der Waals surface area contributed by atoms with Crippen molar-refractivity contribution in [3.63, 3.8) is 0 Å². The Morgan fingerprint density at radius 3 is 2.91 bits per heavy atom. The van der Waals surface area contributed by atoms with Crippen LogP contribution in [0.2, 0.25) is 0 Å². The van der Waals surface area contributed by atoms with Crippen molar-refractivity contribution in [1.82, 2.24) is 5.32 Å². The van der Waals surface area contributed by atoms with E-state index in [0.717, 1.165) is 10.1 Å². The molecule has 0 fully saturated rings. The van der Waals surface area contributed by atoms with Crippen molar-refractivity contribution < 1.29 is 0 Å². The minimum atomic E-state index is 0.530. The van der Waals surface area contributed by atoms with Crippen molar-refractivity contribution in [3.8, 4) is 0 Å². The van der Waals surface area contributed by atoms with Crippen LogP contribution < -0.4 is 5.32 Å². The quantitative estimate of drug-likeness (QED) is 0.686. The van der Waals surface area contributed by atoms with Crippen molar-refractivity contribution in [2.24, 2.45) is 0 Å². The first kappa shape index (κ1) is 8.27. The molecule has 2 nitrogen and oxygen atoms in total. The van der Waals surface area contributed by atoms with E-state index in [1.165, 1.54) is 0 Å². The number of hydrogen-bond donors (Lipinski definition) is 2. The third-order valence-electron chi connectivity index (χ3n) is 1.31.